The summed E-state index contributed by atoms with van der Waals surface area (Å²) in [5.74, 6) is 2.12. The van der Waals surface area contributed by atoms with Gasteiger partial charge in [0.1, 0.15) is 5.82 Å². The highest BCUT2D eigenvalue weighted by Gasteiger charge is 2.22. The Hall–Kier alpha value is -3.12. The summed E-state index contributed by atoms with van der Waals surface area (Å²) in [6.07, 6.45) is 0.757. The first kappa shape index (κ1) is 19.2. The molecule has 0 atom stereocenters. The van der Waals surface area contributed by atoms with Crippen LogP contribution in [0.25, 0.3) is 11.4 Å². The van der Waals surface area contributed by atoms with E-state index < -0.39 is 0 Å². The fraction of sp³-hybridized carbons (Fsp3) is 0.304. The molecule has 0 aliphatic carbocycles. The number of H-pyrrole nitrogens is 1. The van der Waals surface area contributed by atoms with Crippen LogP contribution in [0.1, 0.15) is 23.7 Å². The van der Waals surface area contributed by atoms with Gasteiger partial charge in [-0.1, -0.05) is 36.4 Å². The van der Waals surface area contributed by atoms with Gasteiger partial charge >= 0.3 is 0 Å². The third-order valence-electron chi connectivity index (χ3n) is 5.13. The maximum Gasteiger partial charge on any atom is 0.255 e. The Morgan fingerprint density at radius 1 is 1.14 bits per heavy atom. The monoisotopic (exact) mass is 391 g/mol. The van der Waals surface area contributed by atoms with Crippen molar-refractivity contribution >= 4 is 0 Å². The van der Waals surface area contributed by atoms with E-state index in [-0.39, 0.29) is 5.56 Å². The van der Waals surface area contributed by atoms with E-state index in [1.807, 2.05) is 55.5 Å². The number of aromatic nitrogens is 2. The van der Waals surface area contributed by atoms with Gasteiger partial charge in [-0.3, -0.25) is 9.69 Å². The molecule has 1 aliphatic heterocycles. The van der Waals surface area contributed by atoms with Crippen LogP contribution in [0.2, 0.25) is 0 Å². The zero-order valence-corrected chi connectivity index (χ0v) is 16.8. The van der Waals surface area contributed by atoms with Crippen LogP contribution in [0.5, 0.6) is 11.5 Å². The summed E-state index contributed by atoms with van der Waals surface area (Å²) in [4.78, 5) is 22.6. The van der Waals surface area contributed by atoms with Crippen molar-refractivity contribution in [2.24, 2.45) is 0 Å². The molecule has 1 aliphatic rings. The van der Waals surface area contributed by atoms with Crippen molar-refractivity contribution in [2.75, 3.05) is 20.3 Å². The number of hydrogen-bond acceptors (Lipinski definition) is 5. The molecule has 0 radical (unpaired) electrons. The first-order valence-corrected chi connectivity index (χ1v) is 9.87. The van der Waals surface area contributed by atoms with Gasteiger partial charge in [0.15, 0.2) is 11.5 Å². The van der Waals surface area contributed by atoms with Crippen molar-refractivity contribution in [3.8, 4) is 22.9 Å². The Labute approximate surface area is 170 Å². The summed E-state index contributed by atoms with van der Waals surface area (Å²) in [5, 5.41) is 0. The highest BCUT2D eigenvalue weighted by Crippen LogP contribution is 2.29. The van der Waals surface area contributed by atoms with E-state index in [0.717, 1.165) is 53.4 Å². The zero-order valence-electron chi connectivity index (χ0n) is 16.8. The van der Waals surface area contributed by atoms with Gasteiger partial charge in [-0.25, -0.2) is 4.98 Å². The van der Waals surface area contributed by atoms with Crippen LogP contribution in [0.4, 0.5) is 0 Å². The van der Waals surface area contributed by atoms with Crippen molar-refractivity contribution < 1.29 is 9.47 Å². The van der Waals surface area contributed by atoms with Gasteiger partial charge < -0.3 is 14.5 Å². The number of aromatic amines is 1. The quantitative estimate of drug-likeness (QED) is 0.698. The second-order valence-electron chi connectivity index (χ2n) is 7.08. The fourth-order valence-corrected chi connectivity index (χ4v) is 3.69. The standard InChI is InChI=1S/C23H25N3O3/c1-3-29-20-10-9-16(13-21(20)28-2)14-26-12-11-19-18(15-26)23(27)25-22(24-19)17-7-5-4-6-8-17/h4-10,13H,3,11-12,14-15H2,1-2H3,(H,24,25,27). The van der Waals surface area contributed by atoms with Gasteiger partial charge in [0.2, 0.25) is 0 Å². The van der Waals surface area contributed by atoms with E-state index in [0.29, 0.717) is 19.0 Å². The van der Waals surface area contributed by atoms with Crippen molar-refractivity contribution in [1.82, 2.24) is 14.9 Å². The topological polar surface area (TPSA) is 67.5 Å². The number of hydrogen-bond donors (Lipinski definition) is 1. The number of methoxy groups -OCH3 is 1. The van der Waals surface area contributed by atoms with Crippen molar-refractivity contribution in [1.29, 1.82) is 0 Å². The zero-order chi connectivity index (χ0) is 20.2. The number of rotatable bonds is 6. The van der Waals surface area contributed by atoms with Gasteiger partial charge in [0.05, 0.1) is 25.0 Å². The molecule has 6 nitrogen and oxygen atoms in total. The lowest BCUT2D eigenvalue weighted by Crippen LogP contribution is -2.35. The predicted molar refractivity (Wildman–Crippen MR) is 112 cm³/mol. The number of nitrogens with zero attached hydrogens (tertiary/aromatic N) is 2. The lowest BCUT2D eigenvalue weighted by atomic mass is 10.1. The molecule has 0 unspecified atom stereocenters. The van der Waals surface area contributed by atoms with Crippen molar-refractivity contribution in [3.63, 3.8) is 0 Å². The average molecular weight is 391 g/mol. The summed E-state index contributed by atoms with van der Waals surface area (Å²) >= 11 is 0. The van der Waals surface area contributed by atoms with Crippen LogP contribution in [0.15, 0.2) is 53.3 Å². The Morgan fingerprint density at radius 2 is 1.97 bits per heavy atom. The van der Waals surface area contributed by atoms with Crippen LogP contribution in [0.3, 0.4) is 0 Å². The normalized spacial score (nSPS) is 13.7. The van der Waals surface area contributed by atoms with E-state index in [2.05, 4.69) is 9.88 Å². The fourth-order valence-electron chi connectivity index (χ4n) is 3.69. The summed E-state index contributed by atoms with van der Waals surface area (Å²) in [5.41, 5.74) is 3.65. The molecule has 0 fully saturated rings. The van der Waals surface area contributed by atoms with E-state index in [4.69, 9.17) is 14.5 Å². The molecule has 1 aromatic heterocycles. The molecule has 0 amide bonds. The number of benzene rings is 2. The second kappa shape index (κ2) is 8.49. The SMILES string of the molecule is CCOc1ccc(CN2CCc3nc(-c4ccccc4)[nH]c(=O)c3C2)cc1OC. The van der Waals surface area contributed by atoms with Gasteiger partial charge in [-0.15, -0.1) is 0 Å². The molecular formula is C23H25N3O3. The number of ether oxygens (including phenoxy) is 2. The third-order valence-corrected chi connectivity index (χ3v) is 5.13. The molecule has 0 bridgehead atoms. The van der Waals surface area contributed by atoms with Crippen LogP contribution in [0, 0.1) is 0 Å². The lowest BCUT2D eigenvalue weighted by Gasteiger charge is -2.28. The molecule has 2 aromatic carbocycles. The van der Waals surface area contributed by atoms with Crippen LogP contribution in [-0.2, 0) is 19.5 Å². The van der Waals surface area contributed by atoms with Gasteiger partial charge in [0, 0.05) is 31.6 Å². The summed E-state index contributed by atoms with van der Waals surface area (Å²) in [7, 11) is 1.65. The average Bonchev–Trinajstić information content (AvgIpc) is 2.76. The minimum atomic E-state index is -0.0529. The summed E-state index contributed by atoms with van der Waals surface area (Å²) < 4.78 is 11.0. The van der Waals surface area contributed by atoms with Gasteiger partial charge in [-0.05, 0) is 24.6 Å². The van der Waals surface area contributed by atoms with Crippen LogP contribution >= 0.6 is 0 Å². The van der Waals surface area contributed by atoms with Gasteiger partial charge in [0.25, 0.3) is 5.56 Å². The Morgan fingerprint density at radius 3 is 2.72 bits per heavy atom. The molecule has 6 heteroatoms. The molecule has 150 valence electrons. The largest absolute Gasteiger partial charge is 0.493 e. The molecule has 1 N–H and O–H groups in total. The Kier molecular flexibility index (Phi) is 5.62. The van der Waals surface area contributed by atoms with E-state index in [9.17, 15) is 4.79 Å². The molecule has 2 heterocycles. The first-order chi connectivity index (χ1) is 14.2. The maximum atomic E-state index is 12.7. The molecule has 4 rings (SSSR count). The summed E-state index contributed by atoms with van der Waals surface area (Å²) in [6, 6.07) is 15.7. The predicted octanol–water partition coefficient (Wildman–Crippen LogP) is 3.40. The molecule has 0 saturated carbocycles. The minimum absolute atomic E-state index is 0.0529. The van der Waals surface area contributed by atoms with E-state index >= 15 is 0 Å². The van der Waals surface area contributed by atoms with E-state index in [1.54, 1.807) is 7.11 Å². The van der Waals surface area contributed by atoms with Crippen molar-refractivity contribution in [3.05, 3.63) is 75.7 Å². The third kappa shape index (κ3) is 4.17. The molecule has 0 spiro atoms. The summed E-state index contributed by atoms with van der Waals surface area (Å²) in [6.45, 7) is 4.73. The highest BCUT2D eigenvalue weighted by molar-refractivity contribution is 5.54. The van der Waals surface area contributed by atoms with Crippen LogP contribution < -0.4 is 15.0 Å². The molecule has 0 saturated heterocycles. The smallest absolute Gasteiger partial charge is 0.255 e. The Bertz CT molecular complexity index is 1050. The number of fused-ring (bicyclic) bond motifs is 1. The molecular weight excluding hydrogens is 366 g/mol. The second-order valence-corrected chi connectivity index (χ2v) is 7.08. The van der Waals surface area contributed by atoms with Gasteiger partial charge in [-0.2, -0.15) is 0 Å². The van der Waals surface area contributed by atoms with Crippen LogP contribution in [-0.4, -0.2) is 35.1 Å². The van der Waals surface area contributed by atoms with E-state index in [1.165, 1.54) is 0 Å². The van der Waals surface area contributed by atoms with Crippen molar-refractivity contribution in [2.45, 2.75) is 26.4 Å². The molecule has 3 aromatic rings. The first-order valence-electron chi connectivity index (χ1n) is 9.87. The lowest BCUT2D eigenvalue weighted by molar-refractivity contribution is 0.241. The maximum absolute atomic E-state index is 12.7. The Balaban J connectivity index is 1.53. The minimum Gasteiger partial charge on any atom is -0.493 e. The molecule has 29 heavy (non-hydrogen) atoms. The highest BCUT2D eigenvalue weighted by atomic mass is 16.5. The number of nitrogens with one attached hydrogen (secondary N) is 1.